The maximum absolute atomic E-state index is 6.11. The zero-order valence-corrected chi connectivity index (χ0v) is 11.9. The number of hydrogen-bond acceptors (Lipinski definition) is 2. The molecule has 2 heteroatoms. The van der Waals surface area contributed by atoms with Gasteiger partial charge in [-0.2, -0.15) is 0 Å². The van der Waals surface area contributed by atoms with Crippen LogP contribution in [0.3, 0.4) is 0 Å². The second-order valence-electron chi connectivity index (χ2n) is 7.09. The molecule has 2 aliphatic rings. The highest BCUT2D eigenvalue weighted by atomic mass is 15.2. The van der Waals surface area contributed by atoms with Crippen LogP contribution in [-0.4, -0.2) is 30.1 Å². The van der Waals surface area contributed by atoms with Crippen molar-refractivity contribution in [2.75, 3.05) is 19.6 Å². The molecule has 0 bridgehead atoms. The lowest BCUT2D eigenvalue weighted by molar-refractivity contribution is 0.0783. The van der Waals surface area contributed by atoms with Crippen LogP contribution in [0, 0.1) is 17.8 Å². The third-order valence-electron chi connectivity index (χ3n) is 4.40. The summed E-state index contributed by atoms with van der Waals surface area (Å²) in [4.78, 5) is 2.74. The van der Waals surface area contributed by atoms with Crippen LogP contribution in [0.2, 0.25) is 0 Å². The predicted octanol–water partition coefficient (Wildman–Crippen LogP) is 2.87. The molecule has 1 unspecified atom stereocenters. The fraction of sp³-hybridized carbons (Fsp3) is 1.00. The second-order valence-corrected chi connectivity index (χ2v) is 7.09. The van der Waals surface area contributed by atoms with Crippen molar-refractivity contribution >= 4 is 0 Å². The summed E-state index contributed by atoms with van der Waals surface area (Å²) in [7, 11) is 0. The maximum Gasteiger partial charge on any atom is 0.0306 e. The van der Waals surface area contributed by atoms with Crippen LogP contribution in [0.25, 0.3) is 0 Å². The van der Waals surface area contributed by atoms with Crippen molar-refractivity contribution < 1.29 is 0 Å². The van der Waals surface area contributed by atoms with E-state index in [9.17, 15) is 0 Å². The Kier molecular flexibility index (Phi) is 4.14. The van der Waals surface area contributed by atoms with Crippen molar-refractivity contribution in [2.24, 2.45) is 23.5 Å². The van der Waals surface area contributed by atoms with Crippen LogP contribution in [0.4, 0.5) is 0 Å². The molecule has 17 heavy (non-hydrogen) atoms. The third-order valence-corrected chi connectivity index (χ3v) is 4.40. The molecular formula is C15H30N2. The zero-order valence-electron chi connectivity index (χ0n) is 11.9. The van der Waals surface area contributed by atoms with Gasteiger partial charge in [0.25, 0.3) is 0 Å². The van der Waals surface area contributed by atoms with Gasteiger partial charge in [0, 0.05) is 25.2 Å². The van der Waals surface area contributed by atoms with E-state index in [1.807, 2.05) is 0 Å². The van der Waals surface area contributed by atoms with Gasteiger partial charge < -0.3 is 5.73 Å². The van der Waals surface area contributed by atoms with Crippen molar-refractivity contribution in [3.63, 3.8) is 0 Å². The first kappa shape index (κ1) is 13.4. The minimum atomic E-state index is 0.235. The average Bonchev–Trinajstić information content (AvgIpc) is 3.09. The van der Waals surface area contributed by atoms with Crippen molar-refractivity contribution in [3.8, 4) is 0 Å². The van der Waals surface area contributed by atoms with Crippen LogP contribution in [0.5, 0.6) is 0 Å². The topological polar surface area (TPSA) is 29.3 Å². The van der Waals surface area contributed by atoms with Gasteiger partial charge in [0.2, 0.25) is 0 Å². The number of rotatable bonds is 8. The summed E-state index contributed by atoms with van der Waals surface area (Å²) in [5.41, 5.74) is 6.34. The highest BCUT2D eigenvalue weighted by Gasteiger charge is 2.38. The quantitative estimate of drug-likeness (QED) is 0.704. The predicted molar refractivity (Wildman–Crippen MR) is 73.9 cm³/mol. The molecule has 0 heterocycles. The summed E-state index contributed by atoms with van der Waals surface area (Å²) in [5, 5.41) is 0. The number of hydrogen-bond donors (Lipinski definition) is 1. The summed E-state index contributed by atoms with van der Waals surface area (Å²) < 4.78 is 0. The van der Waals surface area contributed by atoms with Gasteiger partial charge in [0.05, 0.1) is 0 Å². The van der Waals surface area contributed by atoms with E-state index in [2.05, 4.69) is 25.7 Å². The standard InChI is InChI=1S/C15H30N2/c1-12(2)8-15(3,11-16)17(9-13-4-5-13)10-14-6-7-14/h12-14H,4-11,16H2,1-3H3. The van der Waals surface area contributed by atoms with Crippen molar-refractivity contribution in [3.05, 3.63) is 0 Å². The Morgan fingerprint density at radius 3 is 1.88 bits per heavy atom. The fourth-order valence-electron chi connectivity index (χ4n) is 2.96. The first-order chi connectivity index (χ1) is 8.03. The lowest BCUT2D eigenvalue weighted by atomic mass is 9.88. The van der Waals surface area contributed by atoms with Crippen molar-refractivity contribution in [1.29, 1.82) is 0 Å². The molecule has 2 nitrogen and oxygen atoms in total. The molecule has 0 aliphatic heterocycles. The second kappa shape index (κ2) is 5.27. The third kappa shape index (κ3) is 3.96. The molecule has 0 radical (unpaired) electrons. The first-order valence-corrected chi connectivity index (χ1v) is 7.48. The monoisotopic (exact) mass is 238 g/mol. The summed E-state index contributed by atoms with van der Waals surface area (Å²) in [6, 6.07) is 0. The molecule has 0 spiro atoms. The molecule has 0 aromatic carbocycles. The number of nitrogens with zero attached hydrogens (tertiary/aromatic N) is 1. The molecule has 2 N–H and O–H groups in total. The lowest BCUT2D eigenvalue weighted by Crippen LogP contribution is -2.53. The van der Waals surface area contributed by atoms with Crippen LogP contribution in [0.1, 0.15) is 52.9 Å². The van der Waals surface area contributed by atoms with Crippen LogP contribution >= 0.6 is 0 Å². The van der Waals surface area contributed by atoms with E-state index < -0.39 is 0 Å². The van der Waals surface area contributed by atoms with Crippen LogP contribution < -0.4 is 5.73 Å². The van der Waals surface area contributed by atoms with E-state index in [0.29, 0.717) is 0 Å². The highest BCUT2D eigenvalue weighted by Crippen LogP contribution is 2.37. The largest absolute Gasteiger partial charge is 0.329 e. The van der Waals surface area contributed by atoms with E-state index in [1.165, 1.54) is 45.2 Å². The van der Waals surface area contributed by atoms with E-state index in [1.54, 1.807) is 0 Å². The fourth-order valence-corrected chi connectivity index (χ4v) is 2.96. The van der Waals surface area contributed by atoms with Gasteiger partial charge in [0.1, 0.15) is 0 Å². The van der Waals surface area contributed by atoms with Gasteiger partial charge in [-0.1, -0.05) is 13.8 Å². The normalized spacial score (nSPS) is 24.4. The van der Waals surface area contributed by atoms with Crippen LogP contribution in [-0.2, 0) is 0 Å². The SMILES string of the molecule is CC(C)CC(C)(CN)N(CC1CC1)CC1CC1. The van der Waals surface area contributed by atoms with Gasteiger partial charge in [0.15, 0.2) is 0 Å². The van der Waals surface area contributed by atoms with Crippen LogP contribution in [0.15, 0.2) is 0 Å². The molecule has 2 fully saturated rings. The van der Waals surface area contributed by atoms with Gasteiger partial charge in [-0.3, -0.25) is 4.90 Å². The Bertz CT molecular complexity index is 229. The lowest BCUT2D eigenvalue weighted by Gasteiger charge is -2.42. The zero-order chi connectivity index (χ0) is 12.5. The number of nitrogens with two attached hydrogens (primary N) is 1. The van der Waals surface area contributed by atoms with Crippen molar-refractivity contribution in [2.45, 2.75) is 58.4 Å². The van der Waals surface area contributed by atoms with E-state index >= 15 is 0 Å². The Hall–Kier alpha value is -0.0800. The maximum atomic E-state index is 6.11. The molecule has 0 aromatic rings. The van der Waals surface area contributed by atoms with E-state index in [0.717, 1.165) is 24.3 Å². The van der Waals surface area contributed by atoms with Gasteiger partial charge in [-0.05, 0) is 56.8 Å². The minimum Gasteiger partial charge on any atom is -0.329 e. The molecular weight excluding hydrogens is 208 g/mol. The molecule has 0 aromatic heterocycles. The summed E-state index contributed by atoms with van der Waals surface area (Å²) >= 11 is 0. The molecule has 100 valence electrons. The molecule has 0 amide bonds. The van der Waals surface area contributed by atoms with E-state index in [4.69, 9.17) is 5.73 Å². The minimum absolute atomic E-state index is 0.235. The Labute approximate surface area is 107 Å². The Morgan fingerprint density at radius 2 is 1.59 bits per heavy atom. The van der Waals surface area contributed by atoms with Gasteiger partial charge in [-0.25, -0.2) is 0 Å². The van der Waals surface area contributed by atoms with E-state index in [-0.39, 0.29) is 5.54 Å². The smallest absolute Gasteiger partial charge is 0.0306 e. The summed E-state index contributed by atoms with van der Waals surface area (Å²) in [6.07, 6.45) is 7.03. The molecule has 0 saturated heterocycles. The van der Waals surface area contributed by atoms with Crippen molar-refractivity contribution in [1.82, 2.24) is 4.90 Å². The summed E-state index contributed by atoms with van der Waals surface area (Å²) in [5.74, 6) is 2.70. The van der Waals surface area contributed by atoms with Gasteiger partial charge >= 0.3 is 0 Å². The Morgan fingerprint density at radius 1 is 1.12 bits per heavy atom. The summed E-state index contributed by atoms with van der Waals surface area (Å²) in [6.45, 7) is 10.4. The Balaban J connectivity index is 1.97. The molecule has 2 aliphatic carbocycles. The molecule has 2 saturated carbocycles. The molecule has 1 atom stereocenters. The van der Waals surface area contributed by atoms with Gasteiger partial charge in [-0.15, -0.1) is 0 Å². The average molecular weight is 238 g/mol. The highest BCUT2D eigenvalue weighted by molar-refractivity contribution is 4.93. The molecule has 2 rings (SSSR count). The first-order valence-electron chi connectivity index (χ1n) is 7.48.